The zero-order chi connectivity index (χ0) is 27.7. The van der Waals surface area contributed by atoms with E-state index in [9.17, 15) is 28.4 Å². The lowest BCUT2D eigenvalue weighted by molar-refractivity contribution is -0.126. The summed E-state index contributed by atoms with van der Waals surface area (Å²) in [4.78, 5) is 40.9. The summed E-state index contributed by atoms with van der Waals surface area (Å²) in [6.07, 6.45) is 0.157. The maximum Gasteiger partial charge on any atom is 0.268 e. The Morgan fingerprint density at radius 3 is 2.57 bits per heavy atom. The van der Waals surface area contributed by atoms with Crippen molar-refractivity contribution in [2.75, 3.05) is 7.11 Å². The Morgan fingerprint density at radius 2 is 2.03 bits per heavy atom. The zero-order valence-corrected chi connectivity index (χ0v) is 22.0. The van der Waals surface area contributed by atoms with Gasteiger partial charge in [-0.25, -0.2) is 8.78 Å². The number of methoxy groups -OCH3 is 1. The summed E-state index contributed by atoms with van der Waals surface area (Å²) in [6, 6.07) is 2.16. The number of fused-ring (bicyclic) bond motifs is 1. The standard InChI is InChI=1S/C25H30ClF2N5O4/c1-24(2,28)10-17(23(36)30-13(11-29)6-12-9-25(3,4)33-21(12)34)32-22(35)16-7-14-18(37-5)8-15(26)19(27)20(14)31-16/h7-8,12-13,17,31H,6,9-10H2,1-5H3,(H,30,36)(H,32,35)(H,33,34). The SMILES string of the molecule is COc1cc(Cl)c(F)c2[nH]c(C(=O)NC(CC(C)(C)F)C(=O)NC(C#N)CC3CC(C)(C)NC3=O)cc12. The number of halogens is 3. The smallest absolute Gasteiger partial charge is 0.268 e. The Kier molecular flexibility index (Phi) is 8.03. The second kappa shape index (κ2) is 10.5. The number of benzene rings is 1. The van der Waals surface area contributed by atoms with Crippen LogP contribution < -0.4 is 20.7 Å². The third-order valence-electron chi connectivity index (χ3n) is 6.13. The Bertz CT molecular complexity index is 1260. The van der Waals surface area contributed by atoms with Gasteiger partial charge in [-0.05, 0) is 46.6 Å². The van der Waals surface area contributed by atoms with Gasteiger partial charge in [0.2, 0.25) is 11.8 Å². The number of amides is 3. The van der Waals surface area contributed by atoms with Gasteiger partial charge in [0.05, 0.1) is 23.7 Å². The van der Waals surface area contributed by atoms with Crippen LogP contribution in [0.25, 0.3) is 10.9 Å². The summed E-state index contributed by atoms with van der Waals surface area (Å²) in [7, 11) is 1.36. The number of H-pyrrole nitrogens is 1. The van der Waals surface area contributed by atoms with Crippen LogP contribution in [-0.2, 0) is 9.59 Å². The van der Waals surface area contributed by atoms with Gasteiger partial charge in [-0.2, -0.15) is 5.26 Å². The van der Waals surface area contributed by atoms with Crippen molar-refractivity contribution in [3.63, 3.8) is 0 Å². The molecule has 3 unspecified atom stereocenters. The van der Waals surface area contributed by atoms with Crippen molar-refractivity contribution < 1.29 is 27.9 Å². The van der Waals surface area contributed by atoms with Crippen LogP contribution in [0.4, 0.5) is 8.78 Å². The predicted octanol–water partition coefficient (Wildman–Crippen LogP) is 3.52. The molecule has 1 fully saturated rings. The summed E-state index contributed by atoms with van der Waals surface area (Å²) in [5, 5.41) is 17.4. The highest BCUT2D eigenvalue weighted by Gasteiger charge is 2.39. The summed E-state index contributed by atoms with van der Waals surface area (Å²) in [6.45, 7) is 6.22. The summed E-state index contributed by atoms with van der Waals surface area (Å²) >= 11 is 5.88. The largest absolute Gasteiger partial charge is 0.496 e. The van der Waals surface area contributed by atoms with Crippen molar-refractivity contribution in [3.05, 3.63) is 28.7 Å². The molecule has 1 saturated heterocycles. The Balaban J connectivity index is 1.79. The van der Waals surface area contributed by atoms with E-state index in [1.165, 1.54) is 33.1 Å². The van der Waals surface area contributed by atoms with Crippen LogP contribution in [0.15, 0.2) is 12.1 Å². The molecule has 2 heterocycles. The summed E-state index contributed by atoms with van der Waals surface area (Å²) in [5.74, 6) is -2.84. The predicted molar refractivity (Wildman–Crippen MR) is 133 cm³/mol. The number of hydrogen-bond acceptors (Lipinski definition) is 5. The lowest BCUT2D eigenvalue weighted by Crippen LogP contribution is -2.51. The minimum atomic E-state index is -1.85. The number of nitrogens with one attached hydrogen (secondary N) is 4. The lowest BCUT2D eigenvalue weighted by atomic mass is 9.91. The van der Waals surface area contributed by atoms with Gasteiger partial charge in [-0.3, -0.25) is 14.4 Å². The van der Waals surface area contributed by atoms with Crippen LogP contribution in [0.5, 0.6) is 5.75 Å². The van der Waals surface area contributed by atoms with Crippen molar-refractivity contribution in [2.24, 2.45) is 5.92 Å². The first kappa shape index (κ1) is 28.2. The molecule has 37 heavy (non-hydrogen) atoms. The van der Waals surface area contributed by atoms with E-state index in [0.29, 0.717) is 6.42 Å². The molecule has 9 nitrogen and oxygen atoms in total. The number of alkyl halides is 1. The molecular weight excluding hydrogens is 508 g/mol. The normalized spacial score (nSPS) is 18.6. The minimum absolute atomic E-state index is 0.0661. The fraction of sp³-hybridized carbons (Fsp3) is 0.520. The topological polar surface area (TPSA) is 136 Å². The van der Waals surface area contributed by atoms with Gasteiger partial charge in [-0.15, -0.1) is 0 Å². The molecule has 1 aromatic carbocycles. The second-order valence-corrected chi connectivity index (χ2v) is 10.9. The molecule has 3 amide bonds. The molecule has 12 heteroatoms. The maximum absolute atomic E-state index is 14.6. The lowest BCUT2D eigenvalue weighted by Gasteiger charge is -2.25. The number of nitrogens with zero attached hydrogens (tertiary/aromatic N) is 1. The number of carbonyl (C=O) groups is 3. The monoisotopic (exact) mass is 537 g/mol. The van der Waals surface area contributed by atoms with Crippen LogP contribution >= 0.6 is 11.6 Å². The van der Waals surface area contributed by atoms with E-state index in [4.69, 9.17) is 16.3 Å². The van der Waals surface area contributed by atoms with E-state index in [1.54, 1.807) is 0 Å². The Hall–Kier alpha value is -3.39. The first-order valence-corrected chi connectivity index (χ1v) is 12.1. The molecule has 4 N–H and O–H groups in total. The van der Waals surface area contributed by atoms with Gasteiger partial charge in [0.25, 0.3) is 5.91 Å². The van der Waals surface area contributed by atoms with E-state index in [0.717, 1.165) is 0 Å². The van der Waals surface area contributed by atoms with Crippen molar-refractivity contribution in [1.82, 2.24) is 20.9 Å². The molecule has 2 aromatic rings. The number of nitriles is 1. The van der Waals surface area contributed by atoms with Crippen LogP contribution in [0.1, 0.15) is 57.4 Å². The molecule has 0 saturated carbocycles. The molecule has 1 aromatic heterocycles. The number of rotatable bonds is 9. The molecule has 0 aliphatic carbocycles. The number of ether oxygens (including phenoxy) is 1. The highest BCUT2D eigenvalue weighted by Crippen LogP contribution is 2.33. The average Bonchev–Trinajstić information content (AvgIpc) is 3.34. The van der Waals surface area contributed by atoms with Crippen molar-refractivity contribution in [3.8, 4) is 11.8 Å². The van der Waals surface area contributed by atoms with Gasteiger partial charge in [0, 0.05) is 29.3 Å². The van der Waals surface area contributed by atoms with Crippen LogP contribution in [0, 0.1) is 23.1 Å². The molecule has 1 aliphatic rings. The Labute approximate surface area is 218 Å². The number of aromatic nitrogens is 1. The Morgan fingerprint density at radius 1 is 1.35 bits per heavy atom. The third-order valence-corrected chi connectivity index (χ3v) is 6.40. The summed E-state index contributed by atoms with van der Waals surface area (Å²) < 4.78 is 34.3. The molecule has 1 aliphatic heterocycles. The number of aromatic amines is 1. The highest BCUT2D eigenvalue weighted by atomic mass is 35.5. The zero-order valence-electron chi connectivity index (χ0n) is 21.2. The van der Waals surface area contributed by atoms with Crippen LogP contribution in [0.3, 0.4) is 0 Å². The van der Waals surface area contributed by atoms with Gasteiger partial charge < -0.3 is 25.7 Å². The molecule has 200 valence electrons. The quantitative estimate of drug-likeness (QED) is 0.388. The van der Waals surface area contributed by atoms with Crippen molar-refractivity contribution in [2.45, 2.75) is 70.2 Å². The highest BCUT2D eigenvalue weighted by molar-refractivity contribution is 6.31. The van der Waals surface area contributed by atoms with Crippen LogP contribution in [0.2, 0.25) is 5.02 Å². The first-order chi connectivity index (χ1) is 17.1. The molecule has 0 bridgehead atoms. The van der Waals surface area contributed by atoms with Gasteiger partial charge in [0.15, 0.2) is 5.82 Å². The van der Waals surface area contributed by atoms with Crippen LogP contribution in [-0.4, -0.2) is 53.1 Å². The molecule has 0 radical (unpaired) electrons. The number of hydrogen-bond donors (Lipinski definition) is 4. The fourth-order valence-corrected chi connectivity index (χ4v) is 4.70. The van der Waals surface area contributed by atoms with E-state index in [2.05, 4.69) is 20.9 Å². The first-order valence-electron chi connectivity index (χ1n) is 11.7. The van der Waals surface area contributed by atoms with Gasteiger partial charge in [0.1, 0.15) is 29.2 Å². The molecule has 0 spiro atoms. The molecular formula is C25H30ClF2N5O4. The van der Waals surface area contributed by atoms with Gasteiger partial charge >= 0.3 is 0 Å². The minimum Gasteiger partial charge on any atom is -0.496 e. The second-order valence-electron chi connectivity index (χ2n) is 10.5. The fourth-order valence-electron chi connectivity index (χ4n) is 4.51. The molecule has 3 atom stereocenters. The van der Waals surface area contributed by atoms with E-state index >= 15 is 0 Å². The maximum atomic E-state index is 14.6. The van der Waals surface area contributed by atoms with E-state index < -0.39 is 53.3 Å². The van der Waals surface area contributed by atoms with Crippen molar-refractivity contribution >= 4 is 40.2 Å². The number of carbonyl (C=O) groups excluding carboxylic acids is 3. The van der Waals surface area contributed by atoms with E-state index in [1.807, 2.05) is 19.9 Å². The summed E-state index contributed by atoms with van der Waals surface area (Å²) in [5.41, 5.74) is -2.45. The van der Waals surface area contributed by atoms with Crippen molar-refractivity contribution in [1.29, 1.82) is 5.26 Å². The average molecular weight is 538 g/mol. The molecule has 3 rings (SSSR count). The third kappa shape index (κ3) is 6.68. The van der Waals surface area contributed by atoms with E-state index in [-0.39, 0.29) is 39.7 Å². The van der Waals surface area contributed by atoms with Gasteiger partial charge in [-0.1, -0.05) is 11.6 Å².